The molecule has 0 unspecified atom stereocenters. The van der Waals surface area contributed by atoms with Crippen LogP contribution in [0.3, 0.4) is 0 Å². The van der Waals surface area contributed by atoms with Crippen LogP contribution >= 0.6 is 0 Å². The van der Waals surface area contributed by atoms with Gasteiger partial charge < -0.3 is 14.5 Å². The summed E-state index contributed by atoms with van der Waals surface area (Å²) in [6.45, 7) is 13.2. The van der Waals surface area contributed by atoms with Crippen LogP contribution in [-0.4, -0.2) is 78.2 Å². The van der Waals surface area contributed by atoms with Gasteiger partial charge in [-0.3, -0.25) is 4.90 Å². The molecule has 2 saturated heterocycles. The van der Waals surface area contributed by atoms with Gasteiger partial charge in [-0.2, -0.15) is 0 Å². The van der Waals surface area contributed by atoms with Crippen molar-refractivity contribution < 1.29 is 9.53 Å². The lowest BCUT2D eigenvalue weighted by Gasteiger charge is -2.38. The highest BCUT2D eigenvalue weighted by atomic mass is 16.6. The summed E-state index contributed by atoms with van der Waals surface area (Å²) in [5.41, 5.74) is -0.414. The molecule has 20 heavy (non-hydrogen) atoms. The first-order chi connectivity index (χ1) is 9.28. The van der Waals surface area contributed by atoms with Crippen molar-refractivity contribution in [1.29, 1.82) is 0 Å². The lowest BCUT2D eigenvalue weighted by Crippen LogP contribution is -2.53. The van der Waals surface area contributed by atoms with Gasteiger partial charge in [-0.1, -0.05) is 0 Å². The molecule has 116 valence electrons. The van der Waals surface area contributed by atoms with Crippen molar-refractivity contribution in [2.75, 3.05) is 39.8 Å². The van der Waals surface area contributed by atoms with Crippen molar-refractivity contribution in [2.24, 2.45) is 0 Å². The van der Waals surface area contributed by atoms with E-state index in [2.05, 4.69) is 23.8 Å². The predicted octanol–water partition coefficient (Wildman–Crippen LogP) is 1.63. The summed E-state index contributed by atoms with van der Waals surface area (Å²) < 4.78 is 5.51. The summed E-state index contributed by atoms with van der Waals surface area (Å²) >= 11 is 0. The topological polar surface area (TPSA) is 36.0 Å². The maximum atomic E-state index is 12.2. The van der Waals surface area contributed by atoms with Crippen LogP contribution in [0, 0.1) is 0 Å². The van der Waals surface area contributed by atoms with E-state index in [0.717, 1.165) is 39.1 Å². The molecule has 0 bridgehead atoms. The zero-order valence-corrected chi connectivity index (χ0v) is 13.6. The van der Waals surface area contributed by atoms with Crippen molar-refractivity contribution in [1.82, 2.24) is 14.7 Å². The zero-order chi connectivity index (χ0) is 14.9. The fraction of sp³-hybridized carbons (Fsp3) is 0.933. The van der Waals surface area contributed by atoms with Gasteiger partial charge in [0.15, 0.2) is 0 Å². The number of piperazine rings is 1. The predicted molar refractivity (Wildman–Crippen MR) is 79.9 cm³/mol. The average molecular weight is 283 g/mol. The lowest BCUT2D eigenvalue weighted by molar-refractivity contribution is 0.0184. The van der Waals surface area contributed by atoms with E-state index in [1.54, 1.807) is 0 Å². The third kappa shape index (κ3) is 3.64. The molecule has 0 radical (unpaired) electrons. The van der Waals surface area contributed by atoms with Crippen molar-refractivity contribution >= 4 is 6.09 Å². The maximum Gasteiger partial charge on any atom is 0.410 e. The lowest BCUT2D eigenvalue weighted by atomic mass is 10.1. The van der Waals surface area contributed by atoms with Crippen molar-refractivity contribution in [3.8, 4) is 0 Å². The standard InChI is InChI=1S/C15H29N3O2/c1-12-13(17-10-8-16(5)9-11-17)6-7-18(12)14(19)20-15(2,3)4/h12-13H,6-11H2,1-5H3/t12-,13-/m0/s1. The Morgan fingerprint density at radius 3 is 2.25 bits per heavy atom. The van der Waals surface area contributed by atoms with Gasteiger partial charge in [-0.15, -0.1) is 0 Å². The number of rotatable bonds is 1. The first kappa shape index (κ1) is 15.6. The highest BCUT2D eigenvalue weighted by Crippen LogP contribution is 2.25. The van der Waals surface area contributed by atoms with Crippen molar-refractivity contribution in [2.45, 2.75) is 51.8 Å². The summed E-state index contributed by atoms with van der Waals surface area (Å²) in [7, 11) is 2.17. The molecule has 2 fully saturated rings. The van der Waals surface area contributed by atoms with Crippen LogP contribution in [0.5, 0.6) is 0 Å². The van der Waals surface area contributed by atoms with Crippen LogP contribution in [0.25, 0.3) is 0 Å². The van der Waals surface area contributed by atoms with E-state index >= 15 is 0 Å². The molecule has 1 amide bonds. The third-order valence-electron chi connectivity index (χ3n) is 4.35. The summed E-state index contributed by atoms with van der Waals surface area (Å²) in [6.07, 6.45) is 0.894. The quantitative estimate of drug-likeness (QED) is 0.733. The molecule has 0 aromatic rings. The molecule has 5 heteroatoms. The van der Waals surface area contributed by atoms with Gasteiger partial charge in [-0.05, 0) is 41.2 Å². The minimum atomic E-state index is -0.414. The SMILES string of the molecule is C[C@H]1[C@@H](N2CCN(C)CC2)CCN1C(=O)OC(C)(C)C. The van der Waals surface area contributed by atoms with Crippen LogP contribution in [0.2, 0.25) is 0 Å². The van der Waals surface area contributed by atoms with Gasteiger partial charge in [0.05, 0.1) is 0 Å². The molecule has 0 saturated carbocycles. The Morgan fingerprint density at radius 1 is 1.10 bits per heavy atom. The van der Waals surface area contributed by atoms with Crippen LogP contribution < -0.4 is 0 Å². The molecule has 2 heterocycles. The van der Waals surface area contributed by atoms with Gasteiger partial charge in [0.2, 0.25) is 0 Å². The molecule has 0 aromatic heterocycles. The van der Waals surface area contributed by atoms with E-state index in [-0.39, 0.29) is 12.1 Å². The Balaban J connectivity index is 1.92. The van der Waals surface area contributed by atoms with E-state index in [1.165, 1.54) is 0 Å². The average Bonchev–Trinajstić information content (AvgIpc) is 2.70. The number of ether oxygens (including phenoxy) is 1. The second-order valence-electron chi connectivity index (χ2n) is 7.11. The number of hydrogen-bond donors (Lipinski definition) is 0. The Kier molecular flexibility index (Phi) is 4.59. The third-order valence-corrected chi connectivity index (χ3v) is 4.35. The van der Waals surface area contributed by atoms with E-state index in [9.17, 15) is 4.79 Å². The molecule has 0 aromatic carbocycles. The van der Waals surface area contributed by atoms with Crippen molar-refractivity contribution in [3.05, 3.63) is 0 Å². The molecular weight excluding hydrogens is 254 g/mol. The van der Waals surface area contributed by atoms with Gasteiger partial charge in [0.25, 0.3) is 0 Å². The number of amides is 1. The normalized spacial score (nSPS) is 29.8. The Bertz CT molecular complexity index is 346. The Morgan fingerprint density at radius 2 is 1.70 bits per heavy atom. The second kappa shape index (κ2) is 5.90. The maximum absolute atomic E-state index is 12.2. The summed E-state index contributed by atoms with van der Waals surface area (Å²) in [5, 5.41) is 0. The highest BCUT2D eigenvalue weighted by Gasteiger charge is 2.39. The first-order valence-corrected chi connectivity index (χ1v) is 7.70. The molecule has 0 N–H and O–H groups in total. The fourth-order valence-corrected chi connectivity index (χ4v) is 3.14. The van der Waals surface area contributed by atoms with E-state index < -0.39 is 5.60 Å². The summed E-state index contributed by atoms with van der Waals surface area (Å²) in [5.74, 6) is 0. The number of hydrogen-bond acceptors (Lipinski definition) is 4. The van der Waals surface area contributed by atoms with Crippen molar-refractivity contribution in [3.63, 3.8) is 0 Å². The van der Waals surface area contributed by atoms with Gasteiger partial charge in [0.1, 0.15) is 5.60 Å². The Hall–Kier alpha value is -0.810. The summed E-state index contributed by atoms with van der Waals surface area (Å²) in [6, 6.07) is 0.726. The number of nitrogens with zero attached hydrogens (tertiary/aromatic N) is 3. The minimum absolute atomic E-state index is 0.165. The van der Waals surface area contributed by atoms with Gasteiger partial charge in [-0.25, -0.2) is 4.79 Å². The number of likely N-dealkylation sites (tertiary alicyclic amines) is 1. The zero-order valence-electron chi connectivity index (χ0n) is 13.6. The number of likely N-dealkylation sites (N-methyl/N-ethyl adjacent to an activating group) is 1. The van der Waals surface area contributed by atoms with E-state index in [0.29, 0.717) is 6.04 Å². The molecule has 2 aliphatic heterocycles. The summed E-state index contributed by atoms with van der Waals surface area (Å²) in [4.78, 5) is 19.0. The van der Waals surface area contributed by atoms with Crippen LogP contribution in [0.15, 0.2) is 0 Å². The molecule has 0 aliphatic carbocycles. The molecule has 0 spiro atoms. The first-order valence-electron chi connectivity index (χ1n) is 7.70. The van der Waals surface area contributed by atoms with Crippen LogP contribution in [0.4, 0.5) is 4.79 Å². The van der Waals surface area contributed by atoms with Crippen LogP contribution in [0.1, 0.15) is 34.1 Å². The number of carbonyl (C=O) groups excluding carboxylic acids is 1. The molecule has 2 atom stereocenters. The van der Waals surface area contributed by atoms with Gasteiger partial charge in [0, 0.05) is 44.8 Å². The second-order valence-corrected chi connectivity index (χ2v) is 7.11. The van der Waals surface area contributed by atoms with E-state index in [1.807, 2.05) is 25.7 Å². The molecule has 5 nitrogen and oxygen atoms in total. The monoisotopic (exact) mass is 283 g/mol. The van der Waals surface area contributed by atoms with E-state index in [4.69, 9.17) is 4.74 Å². The number of carbonyl (C=O) groups is 1. The molecular formula is C15H29N3O2. The van der Waals surface area contributed by atoms with Crippen LogP contribution in [-0.2, 0) is 4.74 Å². The Labute approximate surface area is 122 Å². The minimum Gasteiger partial charge on any atom is -0.444 e. The smallest absolute Gasteiger partial charge is 0.410 e. The fourth-order valence-electron chi connectivity index (χ4n) is 3.14. The largest absolute Gasteiger partial charge is 0.444 e. The molecule has 2 rings (SSSR count). The van der Waals surface area contributed by atoms with Gasteiger partial charge >= 0.3 is 6.09 Å². The highest BCUT2D eigenvalue weighted by molar-refractivity contribution is 5.69. The molecule has 2 aliphatic rings.